The van der Waals surface area contributed by atoms with Crippen LogP contribution in [0.5, 0.6) is 0 Å². The van der Waals surface area contributed by atoms with Crippen LogP contribution in [0.2, 0.25) is 0 Å². The fourth-order valence-corrected chi connectivity index (χ4v) is 3.63. The highest BCUT2D eigenvalue weighted by Gasteiger charge is 2.45. The van der Waals surface area contributed by atoms with Crippen LogP contribution in [0.3, 0.4) is 0 Å². The van der Waals surface area contributed by atoms with Gasteiger partial charge < -0.3 is 20.1 Å². The summed E-state index contributed by atoms with van der Waals surface area (Å²) in [6.07, 6.45) is 3.10. The molecule has 0 aromatic heterocycles. The van der Waals surface area contributed by atoms with E-state index in [1.165, 1.54) is 0 Å². The van der Waals surface area contributed by atoms with Crippen LogP contribution >= 0.6 is 0 Å². The Kier molecular flexibility index (Phi) is 3.45. The maximum Gasteiger partial charge on any atom is 0.305 e. The van der Waals surface area contributed by atoms with E-state index in [0.717, 1.165) is 19.3 Å². The topological polar surface area (TPSA) is 78.9 Å². The van der Waals surface area contributed by atoms with E-state index in [1.807, 2.05) is 0 Å². The molecule has 106 valence electrons. The van der Waals surface area contributed by atoms with Gasteiger partial charge in [-0.05, 0) is 19.3 Å². The molecule has 3 rings (SSSR count). The van der Waals surface area contributed by atoms with Crippen LogP contribution < -0.4 is 5.32 Å². The summed E-state index contributed by atoms with van der Waals surface area (Å²) >= 11 is 0. The molecule has 0 aromatic carbocycles. The Morgan fingerprint density at radius 1 is 1.37 bits per heavy atom. The number of rotatable bonds is 3. The van der Waals surface area contributed by atoms with Gasteiger partial charge in [0.2, 0.25) is 5.91 Å². The first-order chi connectivity index (χ1) is 9.15. The standard InChI is InChI=1S/C13H20N2O4/c16-12(17)6-9-7-19-4-3-15(9)13(18)10-5-8-1-2-11(10)14-8/h8-11,14H,1-7H2,(H,16,17). The average Bonchev–Trinajstić information content (AvgIpc) is 3.00. The predicted octanol–water partition coefficient (Wildman–Crippen LogP) is -0.171. The maximum atomic E-state index is 12.6. The van der Waals surface area contributed by atoms with Crippen molar-refractivity contribution in [3.8, 4) is 0 Å². The number of hydrogen-bond donors (Lipinski definition) is 2. The molecule has 4 atom stereocenters. The highest BCUT2D eigenvalue weighted by Crippen LogP contribution is 2.35. The second kappa shape index (κ2) is 5.09. The molecule has 6 nitrogen and oxygen atoms in total. The second-order valence-corrected chi connectivity index (χ2v) is 5.75. The number of ether oxygens (including phenoxy) is 1. The molecule has 1 amide bonds. The second-order valence-electron chi connectivity index (χ2n) is 5.75. The first-order valence-corrected chi connectivity index (χ1v) is 7.01. The van der Waals surface area contributed by atoms with Crippen LogP contribution in [0.15, 0.2) is 0 Å². The van der Waals surface area contributed by atoms with Crippen molar-refractivity contribution in [2.75, 3.05) is 19.8 Å². The third-order valence-electron chi connectivity index (χ3n) is 4.54. The lowest BCUT2D eigenvalue weighted by atomic mass is 9.87. The minimum atomic E-state index is -0.876. The van der Waals surface area contributed by atoms with E-state index >= 15 is 0 Å². The van der Waals surface area contributed by atoms with Crippen molar-refractivity contribution in [1.29, 1.82) is 0 Å². The van der Waals surface area contributed by atoms with E-state index in [4.69, 9.17) is 9.84 Å². The summed E-state index contributed by atoms with van der Waals surface area (Å²) < 4.78 is 5.32. The third-order valence-corrected chi connectivity index (χ3v) is 4.54. The Morgan fingerprint density at radius 2 is 2.21 bits per heavy atom. The number of carbonyl (C=O) groups excluding carboxylic acids is 1. The van der Waals surface area contributed by atoms with Gasteiger partial charge in [-0.2, -0.15) is 0 Å². The fourth-order valence-electron chi connectivity index (χ4n) is 3.63. The molecule has 0 aliphatic carbocycles. The minimum Gasteiger partial charge on any atom is -0.481 e. The molecule has 0 spiro atoms. The van der Waals surface area contributed by atoms with Gasteiger partial charge in [-0.25, -0.2) is 0 Å². The molecular weight excluding hydrogens is 248 g/mol. The van der Waals surface area contributed by atoms with Crippen LogP contribution in [0.1, 0.15) is 25.7 Å². The number of aliphatic carboxylic acids is 1. The molecule has 0 radical (unpaired) electrons. The van der Waals surface area contributed by atoms with Gasteiger partial charge in [-0.3, -0.25) is 9.59 Å². The molecule has 2 N–H and O–H groups in total. The number of carboxylic acid groups (broad SMARTS) is 1. The molecule has 3 fully saturated rings. The van der Waals surface area contributed by atoms with Gasteiger partial charge in [0.05, 0.1) is 31.6 Å². The molecule has 3 saturated heterocycles. The number of morpholine rings is 1. The van der Waals surface area contributed by atoms with E-state index in [9.17, 15) is 9.59 Å². The van der Waals surface area contributed by atoms with Gasteiger partial charge >= 0.3 is 5.97 Å². The van der Waals surface area contributed by atoms with Crippen molar-refractivity contribution in [3.05, 3.63) is 0 Å². The fraction of sp³-hybridized carbons (Fsp3) is 0.846. The summed E-state index contributed by atoms with van der Waals surface area (Å²) in [6, 6.07) is 0.474. The number of carboxylic acids is 1. The third kappa shape index (κ3) is 2.47. The van der Waals surface area contributed by atoms with Gasteiger partial charge in [0.15, 0.2) is 0 Å². The number of nitrogens with one attached hydrogen (secondary N) is 1. The van der Waals surface area contributed by atoms with Crippen LogP contribution in [-0.2, 0) is 14.3 Å². The Bertz CT molecular complexity index is 387. The summed E-state index contributed by atoms with van der Waals surface area (Å²) in [5, 5.41) is 12.4. The number of fused-ring (bicyclic) bond motifs is 2. The van der Waals surface area contributed by atoms with E-state index < -0.39 is 5.97 Å². The van der Waals surface area contributed by atoms with Crippen LogP contribution in [0, 0.1) is 5.92 Å². The first kappa shape index (κ1) is 12.9. The first-order valence-electron chi connectivity index (χ1n) is 7.01. The molecular formula is C13H20N2O4. The Labute approximate surface area is 112 Å². The number of carbonyl (C=O) groups is 2. The van der Waals surface area contributed by atoms with Gasteiger partial charge in [-0.15, -0.1) is 0 Å². The molecule has 0 aromatic rings. The SMILES string of the molecule is O=C(O)CC1COCCN1C(=O)C1CC2CCC1N2. The van der Waals surface area contributed by atoms with Gasteiger partial charge in [0, 0.05) is 18.6 Å². The highest BCUT2D eigenvalue weighted by molar-refractivity contribution is 5.81. The van der Waals surface area contributed by atoms with E-state index in [1.54, 1.807) is 4.90 Å². The Balaban J connectivity index is 1.68. The van der Waals surface area contributed by atoms with E-state index in [-0.39, 0.29) is 24.3 Å². The molecule has 19 heavy (non-hydrogen) atoms. The zero-order valence-corrected chi connectivity index (χ0v) is 10.9. The van der Waals surface area contributed by atoms with Gasteiger partial charge in [-0.1, -0.05) is 0 Å². The summed E-state index contributed by atoms with van der Waals surface area (Å²) in [5.74, 6) is -0.721. The smallest absolute Gasteiger partial charge is 0.305 e. The van der Waals surface area contributed by atoms with E-state index in [2.05, 4.69) is 5.32 Å². The monoisotopic (exact) mass is 268 g/mol. The van der Waals surface area contributed by atoms with Crippen LogP contribution in [0.25, 0.3) is 0 Å². The van der Waals surface area contributed by atoms with Crippen LogP contribution in [-0.4, -0.2) is 59.8 Å². The minimum absolute atomic E-state index is 0.0278. The normalized spacial score (nSPS) is 37.6. The predicted molar refractivity (Wildman–Crippen MR) is 66.6 cm³/mol. The average molecular weight is 268 g/mol. The van der Waals surface area contributed by atoms with Crippen molar-refractivity contribution in [2.24, 2.45) is 5.92 Å². The van der Waals surface area contributed by atoms with Crippen molar-refractivity contribution in [1.82, 2.24) is 10.2 Å². The van der Waals surface area contributed by atoms with Crippen molar-refractivity contribution >= 4 is 11.9 Å². The molecule has 2 bridgehead atoms. The number of amides is 1. The van der Waals surface area contributed by atoms with Gasteiger partial charge in [0.1, 0.15) is 0 Å². The Hall–Kier alpha value is -1.14. The number of nitrogens with zero attached hydrogens (tertiary/aromatic N) is 1. The zero-order chi connectivity index (χ0) is 13.4. The van der Waals surface area contributed by atoms with Crippen molar-refractivity contribution in [2.45, 2.75) is 43.8 Å². The van der Waals surface area contributed by atoms with Crippen molar-refractivity contribution in [3.63, 3.8) is 0 Å². The summed E-state index contributed by atoms with van der Waals surface area (Å²) in [6.45, 7) is 1.37. The lowest BCUT2D eigenvalue weighted by Crippen LogP contribution is -2.53. The molecule has 3 aliphatic heterocycles. The molecule has 6 heteroatoms. The summed E-state index contributed by atoms with van der Waals surface area (Å²) in [4.78, 5) is 25.2. The van der Waals surface area contributed by atoms with Crippen molar-refractivity contribution < 1.29 is 19.4 Å². The molecule has 0 saturated carbocycles. The number of hydrogen-bond acceptors (Lipinski definition) is 4. The molecule has 3 heterocycles. The summed E-state index contributed by atoms with van der Waals surface area (Å²) in [5.41, 5.74) is 0. The zero-order valence-electron chi connectivity index (χ0n) is 10.9. The molecule has 4 unspecified atom stereocenters. The molecule has 3 aliphatic rings. The maximum absolute atomic E-state index is 12.6. The largest absolute Gasteiger partial charge is 0.481 e. The highest BCUT2D eigenvalue weighted by atomic mass is 16.5. The van der Waals surface area contributed by atoms with Gasteiger partial charge in [0.25, 0.3) is 0 Å². The van der Waals surface area contributed by atoms with Crippen LogP contribution in [0.4, 0.5) is 0 Å². The lowest BCUT2D eigenvalue weighted by Gasteiger charge is -2.37. The van der Waals surface area contributed by atoms with E-state index in [0.29, 0.717) is 31.8 Å². The summed E-state index contributed by atoms with van der Waals surface area (Å²) in [7, 11) is 0. The lowest BCUT2D eigenvalue weighted by molar-refractivity contribution is -0.149. The Morgan fingerprint density at radius 3 is 2.84 bits per heavy atom. The quantitative estimate of drug-likeness (QED) is 0.743.